The fourth-order valence-corrected chi connectivity index (χ4v) is 3.00. The van der Waals surface area contributed by atoms with Gasteiger partial charge in [-0.25, -0.2) is 0 Å². The molecule has 1 aliphatic heterocycles. The molecule has 3 rings (SSSR count). The number of nitrogens with two attached hydrogens (primary N) is 1. The minimum Gasteiger partial charge on any atom is -0.496 e. The second kappa shape index (κ2) is 7.83. The van der Waals surface area contributed by atoms with Crippen LogP contribution >= 0.6 is 12.4 Å². The molecule has 0 aromatic heterocycles. The van der Waals surface area contributed by atoms with Gasteiger partial charge in [-0.3, -0.25) is 4.79 Å². The maximum Gasteiger partial charge on any atom is 0.240 e. The van der Waals surface area contributed by atoms with E-state index < -0.39 is 5.54 Å². The lowest BCUT2D eigenvalue weighted by molar-refractivity contribution is -0.129. The van der Waals surface area contributed by atoms with Gasteiger partial charge in [0, 0.05) is 25.3 Å². The van der Waals surface area contributed by atoms with Gasteiger partial charge < -0.3 is 20.5 Å². The topological polar surface area (TPSA) is 73.6 Å². The van der Waals surface area contributed by atoms with Crippen molar-refractivity contribution < 1.29 is 14.3 Å². The molecule has 0 radical (unpaired) electrons. The van der Waals surface area contributed by atoms with Crippen LogP contribution in [0.25, 0.3) is 10.8 Å². The van der Waals surface area contributed by atoms with E-state index in [2.05, 4.69) is 5.32 Å². The standard InChI is InChI=1S/C18H22N2O3.ClH/c1-22-16-7-6-13-4-2-3-5-14(13)15(16)12-20-17(21)18(19)8-10-23-11-9-18;/h2-7H,8-12,19H2,1H3,(H,20,21);1H. The molecule has 2 aromatic carbocycles. The van der Waals surface area contributed by atoms with Crippen molar-refractivity contribution in [2.75, 3.05) is 20.3 Å². The third-order valence-electron chi connectivity index (χ3n) is 4.48. The van der Waals surface area contributed by atoms with Crippen LogP contribution in [-0.4, -0.2) is 31.8 Å². The first-order valence-corrected chi connectivity index (χ1v) is 7.83. The van der Waals surface area contributed by atoms with Crippen molar-refractivity contribution in [3.05, 3.63) is 42.0 Å². The lowest BCUT2D eigenvalue weighted by atomic mass is 9.90. The van der Waals surface area contributed by atoms with Crippen molar-refractivity contribution in [2.24, 2.45) is 5.73 Å². The number of ether oxygens (including phenoxy) is 2. The van der Waals surface area contributed by atoms with Gasteiger partial charge in [-0.1, -0.05) is 30.3 Å². The normalized spacial score (nSPS) is 16.2. The van der Waals surface area contributed by atoms with Crippen molar-refractivity contribution in [3.8, 4) is 5.75 Å². The zero-order valence-electron chi connectivity index (χ0n) is 13.7. The van der Waals surface area contributed by atoms with Crippen molar-refractivity contribution in [3.63, 3.8) is 0 Å². The summed E-state index contributed by atoms with van der Waals surface area (Å²) in [4.78, 5) is 12.5. The van der Waals surface area contributed by atoms with E-state index in [-0.39, 0.29) is 18.3 Å². The second-order valence-electron chi connectivity index (χ2n) is 5.92. The van der Waals surface area contributed by atoms with Gasteiger partial charge in [-0.05, 0) is 29.7 Å². The van der Waals surface area contributed by atoms with Crippen molar-refractivity contribution in [1.82, 2.24) is 5.32 Å². The number of benzene rings is 2. The van der Waals surface area contributed by atoms with Crippen LogP contribution in [0.15, 0.2) is 36.4 Å². The lowest BCUT2D eigenvalue weighted by Gasteiger charge is -2.31. The molecule has 1 aliphatic rings. The summed E-state index contributed by atoms with van der Waals surface area (Å²) < 4.78 is 10.7. The van der Waals surface area contributed by atoms with E-state index in [1.807, 2.05) is 36.4 Å². The summed E-state index contributed by atoms with van der Waals surface area (Å²) >= 11 is 0. The van der Waals surface area contributed by atoms with Gasteiger partial charge >= 0.3 is 0 Å². The predicted molar refractivity (Wildman–Crippen MR) is 96.6 cm³/mol. The molecular weight excluding hydrogens is 328 g/mol. The third-order valence-corrected chi connectivity index (χ3v) is 4.48. The van der Waals surface area contributed by atoms with Crippen LogP contribution in [0.3, 0.4) is 0 Å². The molecule has 1 amide bonds. The molecule has 0 aliphatic carbocycles. The number of methoxy groups -OCH3 is 1. The zero-order chi connectivity index (χ0) is 16.3. The number of nitrogens with one attached hydrogen (secondary N) is 1. The Kier molecular flexibility index (Phi) is 6.04. The third kappa shape index (κ3) is 3.64. The average molecular weight is 351 g/mol. The molecular formula is C18H23ClN2O3. The lowest BCUT2D eigenvalue weighted by Crippen LogP contribution is -2.56. The number of rotatable bonds is 4. The van der Waals surface area contributed by atoms with E-state index in [1.54, 1.807) is 7.11 Å². The molecule has 130 valence electrons. The highest BCUT2D eigenvalue weighted by molar-refractivity contribution is 5.89. The molecule has 1 heterocycles. The maximum atomic E-state index is 12.5. The molecule has 1 saturated heterocycles. The Morgan fingerprint density at radius 3 is 2.67 bits per heavy atom. The van der Waals surface area contributed by atoms with Crippen molar-refractivity contribution in [2.45, 2.75) is 24.9 Å². The van der Waals surface area contributed by atoms with E-state index in [1.165, 1.54) is 0 Å². The molecule has 2 aromatic rings. The van der Waals surface area contributed by atoms with Crippen molar-refractivity contribution in [1.29, 1.82) is 0 Å². The Balaban J connectivity index is 0.00000208. The monoisotopic (exact) mass is 350 g/mol. The van der Waals surface area contributed by atoms with Crippen molar-refractivity contribution >= 4 is 29.1 Å². The van der Waals surface area contributed by atoms with E-state index in [0.717, 1.165) is 22.1 Å². The van der Waals surface area contributed by atoms with E-state index >= 15 is 0 Å². The molecule has 24 heavy (non-hydrogen) atoms. The van der Waals surface area contributed by atoms with Crippen LogP contribution in [-0.2, 0) is 16.1 Å². The van der Waals surface area contributed by atoms with E-state index in [4.69, 9.17) is 15.2 Å². The first kappa shape index (κ1) is 18.5. The molecule has 0 spiro atoms. The number of hydrogen-bond acceptors (Lipinski definition) is 4. The van der Waals surface area contributed by atoms with Gasteiger partial charge in [0.15, 0.2) is 0 Å². The Labute approximate surface area is 147 Å². The summed E-state index contributed by atoms with van der Waals surface area (Å²) in [5, 5.41) is 5.17. The number of amides is 1. The van der Waals surface area contributed by atoms with Crippen LogP contribution in [0.2, 0.25) is 0 Å². The van der Waals surface area contributed by atoms with Crippen LogP contribution in [0.5, 0.6) is 5.75 Å². The maximum absolute atomic E-state index is 12.5. The van der Waals surface area contributed by atoms with E-state index in [9.17, 15) is 4.79 Å². The van der Waals surface area contributed by atoms with Gasteiger partial charge in [0.25, 0.3) is 0 Å². The molecule has 0 bridgehead atoms. The van der Waals surface area contributed by atoms with Crippen LogP contribution in [0.4, 0.5) is 0 Å². The number of hydrogen-bond donors (Lipinski definition) is 2. The average Bonchev–Trinajstić information content (AvgIpc) is 2.59. The van der Waals surface area contributed by atoms with Gasteiger partial charge in [-0.15, -0.1) is 12.4 Å². The van der Waals surface area contributed by atoms with Gasteiger partial charge in [0.1, 0.15) is 5.75 Å². The Morgan fingerprint density at radius 1 is 1.25 bits per heavy atom. The molecule has 3 N–H and O–H groups in total. The Bertz CT molecular complexity index is 714. The molecule has 0 atom stereocenters. The summed E-state index contributed by atoms with van der Waals surface area (Å²) in [6.07, 6.45) is 1.09. The summed E-state index contributed by atoms with van der Waals surface area (Å²) in [5.74, 6) is 0.637. The SMILES string of the molecule is COc1ccc2ccccc2c1CNC(=O)C1(N)CCOCC1.Cl. The highest BCUT2D eigenvalue weighted by Crippen LogP contribution is 2.28. The fraction of sp³-hybridized carbons (Fsp3) is 0.389. The highest BCUT2D eigenvalue weighted by Gasteiger charge is 2.35. The predicted octanol–water partition coefficient (Wildman–Crippen LogP) is 2.39. The summed E-state index contributed by atoms with van der Waals surface area (Å²) in [6, 6.07) is 12.0. The molecule has 0 saturated carbocycles. The zero-order valence-corrected chi connectivity index (χ0v) is 14.5. The number of carbonyl (C=O) groups is 1. The number of halogens is 1. The summed E-state index contributed by atoms with van der Waals surface area (Å²) in [5.41, 5.74) is 6.36. The van der Waals surface area contributed by atoms with Gasteiger partial charge in [-0.2, -0.15) is 0 Å². The summed E-state index contributed by atoms with van der Waals surface area (Å²) in [6.45, 7) is 1.45. The smallest absolute Gasteiger partial charge is 0.240 e. The van der Waals surface area contributed by atoms with Crippen LogP contribution in [0, 0.1) is 0 Å². The summed E-state index contributed by atoms with van der Waals surface area (Å²) in [7, 11) is 1.64. The second-order valence-corrected chi connectivity index (χ2v) is 5.92. The minimum absolute atomic E-state index is 0. The first-order valence-electron chi connectivity index (χ1n) is 7.83. The van der Waals surface area contributed by atoms with Crippen LogP contribution < -0.4 is 15.8 Å². The number of fused-ring (bicyclic) bond motifs is 1. The largest absolute Gasteiger partial charge is 0.496 e. The molecule has 5 nitrogen and oxygen atoms in total. The van der Waals surface area contributed by atoms with Crippen LogP contribution in [0.1, 0.15) is 18.4 Å². The highest BCUT2D eigenvalue weighted by atomic mass is 35.5. The molecule has 1 fully saturated rings. The van der Waals surface area contributed by atoms with Gasteiger partial charge in [0.05, 0.1) is 12.6 Å². The molecule has 6 heteroatoms. The quantitative estimate of drug-likeness (QED) is 0.888. The first-order chi connectivity index (χ1) is 11.1. The fourth-order valence-electron chi connectivity index (χ4n) is 3.00. The number of carbonyl (C=O) groups excluding carboxylic acids is 1. The van der Waals surface area contributed by atoms with Gasteiger partial charge in [0.2, 0.25) is 5.91 Å². The Morgan fingerprint density at radius 2 is 1.96 bits per heavy atom. The Hall–Kier alpha value is -1.82. The minimum atomic E-state index is -0.837. The molecule has 0 unspecified atom stereocenters. The van der Waals surface area contributed by atoms with E-state index in [0.29, 0.717) is 32.6 Å².